The van der Waals surface area contributed by atoms with Crippen LogP contribution in [0.5, 0.6) is 0 Å². The molecule has 1 rings (SSSR count). The number of carboxylic acids is 1. The molecule has 13 heavy (non-hydrogen) atoms. The third-order valence-corrected chi connectivity index (χ3v) is 2.26. The number of hydrogen-bond donors (Lipinski definition) is 1. The Morgan fingerprint density at radius 2 is 2.23 bits per heavy atom. The number of carbonyl (C=O) groups is 2. The average Bonchev–Trinajstić information content (AvgIpc) is 2.48. The van der Waals surface area contributed by atoms with Gasteiger partial charge in [-0.1, -0.05) is 6.92 Å². The van der Waals surface area contributed by atoms with Crippen molar-refractivity contribution in [3.8, 4) is 0 Å². The molecule has 0 aromatic rings. The number of aliphatic carboxylic acids is 1. The lowest BCUT2D eigenvalue weighted by atomic mass is 10.1. The Kier molecular flexibility index (Phi) is 2.54. The molecule has 0 spiro atoms. The van der Waals surface area contributed by atoms with Crippen LogP contribution in [0.4, 0.5) is 4.39 Å². The summed E-state index contributed by atoms with van der Waals surface area (Å²) >= 11 is 0. The van der Waals surface area contributed by atoms with Gasteiger partial charge in [0.25, 0.3) is 0 Å². The van der Waals surface area contributed by atoms with Gasteiger partial charge in [0.05, 0.1) is 6.54 Å². The third-order valence-electron chi connectivity index (χ3n) is 2.26. The van der Waals surface area contributed by atoms with Crippen molar-refractivity contribution in [2.45, 2.75) is 25.4 Å². The molecule has 0 aliphatic carbocycles. The zero-order valence-corrected chi connectivity index (χ0v) is 7.42. The van der Waals surface area contributed by atoms with Gasteiger partial charge in [-0.2, -0.15) is 0 Å². The molecule has 0 bridgehead atoms. The number of likely N-dealkylation sites (tertiary alicyclic amines) is 1. The molecule has 1 N–H and O–H groups in total. The third kappa shape index (κ3) is 1.79. The van der Waals surface area contributed by atoms with Crippen molar-refractivity contribution in [1.82, 2.24) is 4.90 Å². The second-order valence-electron chi connectivity index (χ2n) is 3.19. The molecule has 1 heterocycles. The number of alkyl halides is 1. The molecule has 74 valence electrons. The minimum absolute atomic E-state index is 0.103. The lowest BCUT2D eigenvalue weighted by Crippen LogP contribution is -2.38. The maximum absolute atomic E-state index is 13.4. The number of halogens is 1. The summed E-state index contributed by atoms with van der Waals surface area (Å²) in [6.07, 6.45) is 0.184. The second kappa shape index (κ2) is 3.32. The summed E-state index contributed by atoms with van der Waals surface area (Å²) in [7, 11) is 0. The topological polar surface area (TPSA) is 57.6 Å². The molecule has 0 aromatic carbocycles. The van der Waals surface area contributed by atoms with Crippen molar-refractivity contribution in [2.24, 2.45) is 0 Å². The van der Waals surface area contributed by atoms with Crippen LogP contribution in [-0.4, -0.2) is 40.6 Å². The summed E-state index contributed by atoms with van der Waals surface area (Å²) in [5, 5.41) is 8.53. The van der Waals surface area contributed by atoms with E-state index in [0.717, 1.165) is 0 Å². The number of amides is 1. The van der Waals surface area contributed by atoms with Crippen molar-refractivity contribution in [2.75, 3.05) is 13.1 Å². The summed E-state index contributed by atoms with van der Waals surface area (Å²) in [4.78, 5) is 22.8. The first-order valence-corrected chi connectivity index (χ1v) is 4.19. The van der Waals surface area contributed by atoms with Crippen LogP contribution >= 0.6 is 0 Å². The van der Waals surface area contributed by atoms with Crippen molar-refractivity contribution < 1.29 is 19.1 Å². The van der Waals surface area contributed by atoms with Gasteiger partial charge in [-0.05, 0) is 0 Å². The zero-order valence-electron chi connectivity index (χ0n) is 7.42. The van der Waals surface area contributed by atoms with Gasteiger partial charge in [0.15, 0.2) is 0 Å². The fourth-order valence-corrected chi connectivity index (χ4v) is 1.38. The predicted molar refractivity (Wildman–Crippen MR) is 43.0 cm³/mol. The van der Waals surface area contributed by atoms with Gasteiger partial charge in [0, 0.05) is 19.4 Å². The van der Waals surface area contributed by atoms with Crippen LogP contribution in [0.15, 0.2) is 0 Å². The van der Waals surface area contributed by atoms with E-state index in [4.69, 9.17) is 5.11 Å². The van der Waals surface area contributed by atoms with Crippen LogP contribution < -0.4 is 0 Å². The van der Waals surface area contributed by atoms with E-state index in [2.05, 4.69) is 0 Å². The van der Waals surface area contributed by atoms with E-state index in [-0.39, 0.29) is 31.8 Å². The first-order valence-electron chi connectivity index (χ1n) is 4.19. The van der Waals surface area contributed by atoms with Gasteiger partial charge in [-0.15, -0.1) is 0 Å². The molecule has 1 amide bonds. The second-order valence-corrected chi connectivity index (χ2v) is 3.19. The van der Waals surface area contributed by atoms with E-state index in [1.807, 2.05) is 0 Å². The van der Waals surface area contributed by atoms with E-state index in [0.29, 0.717) is 0 Å². The highest BCUT2D eigenvalue weighted by Crippen LogP contribution is 2.26. The Bertz CT molecular complexity index is 244. The molecule has 0 radical (unpaired) electrons. The minimum atomic E-state index is -2.23. The smallest absolute Gasteiger partial charge is 0.343 e. The summed E-state index contributed by atoms with van der Waals surface area (Å²) in [5.41, 5.74) is -2.23. The van der Waals surface area contributed by atoms with E-state index in [1.165, 1.54) is 4.90 Å². The first kappa shape index (κ1) is 9.95. The van der Waals surface area contributed by atoms with Crippen molar-refractivity contribution >= 4 is 11.9 Å². The maximum Gasteiger partial charge on any atom is 0.343 e. The summed E-state index contributed by atoms with van der Waals surface area (Å²) in [6, 6.07) is 0. The molecular formula is C8H12FNO3. The van der Waals surface area contributed by atoms with Gasteiger partial charge in [0.1, 0.15) is 0 Å². The SMILES string of the molecule is CCC(=O)N1CCC(F)(C(=O)O)C1. The molecular weight excluding hydrogens is 177 g/mol. The molecule has 1 unspecified atom stereocenters. The summed E-state index contributed by atoms with van der Waals surface area (Å²) < 4.78 is 13.4. The number of carbonyl (C=O) groups excluding carboxylic acids is 1. The Labute approximate surface area is 75.3 Å². The van der Waals surface area contributed by atoms with Crippen LogP contribution in [0.3, 0.4) is 0 Å². The lowest BCUT2D eigenvalue weighted by Gasteiger charge is -2.16. The first-order chi connectivity index (χ1) is 5.99. The van der Waals surface area contributed by atoms with Crippen LogP contribution in [0.2, 0.25) is 0 Å². The van der Waals surface area contributed by atoms with E-state index in [9.17, 15) is 14.0 Å². The van der Waals surface area contributed by atoms with Crippen LogP contribution in [-0.2, 0) is 9.59 Å². The molecule has 1 saturated heterocycles. The minimum Gasteiger partial charge on any atom is -0.479 e. The molecule has 0 aromatic heterocycles. The van der Waals surface area contributed by atoms with Gasteiger partial charge < -0.3 is 10.0 Å². The van der Waals surface area contributed by atoms with Crippen LogP contribution in [0.25, 0.3) is 0 Å². The van der Waals surface area contributed by atoms with Crippen LogP contribution in [0.1, 0.15) is 19.8 Å². The lowest BCUT2D eigenvalue weighted by molar-refractivity contribution is -0.150. The summed E-state index contributed by atoms with van der Waals surface area (Å²) in [5.74, 6) is -1.67. The van der Waals surface area contributed by atoms with E-state index in [1.54, 1.807) is 6.92 Å². The van der Waals surface area contributed by atoms with Crippen LogP contribution in [0, 0.1) is 0 Å². The Morgan fingerprint density at radius 1 is 1.62 bits per heavy atom. The molecule has 1 aliphatic rings. The standard InChI is InChI=1S/C8H12FNO3/c1-2-6(11)10-4-3-8(9,5-10)7(12)13/h2-5H2,1H3,(H,12,13). The Hall–Kier alpha value is -1.13. The quantitative estimate of drug-likeness (QED) is 0.685. The Morgan fingerprint density at radius 3 is 2.62 bits per heavy atom. The normalized spacial score (nSPS) is 27.7. The molecule has 1 atom stereocenters. The van der Waals surface area contributed by atoms with Gasteiger partial charge in [0.2, 0.25) is 11.6 Å². The van der Waals surface area contributed by atoms with Crippen molar-refractivity contribution in [3.63, 3.8) is 0 Å². The van der Waals surface area contributed by atoms with Crippen molar-refractivity contribution in [1.29, 1.82) is 0 Å². The highest BCUT2D eigenvalue weighted by atomic mass is 19.1. The predicted octanol–water partition coefficient (Wildman–Crippen LogP) is 0.422. The van der Waals surface area contributed by atoms with Crippen molar-refractivity contribution in [3.05, 3.63) is 0 Å². The highest BCUT2D eigenvalue weighted by molar-refractivity contribution is 5.82. The summed E-state index contributed by atoms with van der Waals surface area (Å²) in [6.45, 7) is 1.56. The number of hydrogen-bond acceptors (Lipinski definition) is 2. The molecule has 5 heteroatoms. The van der Waals surface area contributed by atoms with E-state index < -0.39 is 11.6 Å². The molecule has 1 aliphatic heterocycles. The van der Waals surface area contributed by atoms with Gasteiger partial charge in [-0.25, -0.2) is 9.18 Å². The highest BCUT2D eigenvalue weighted by Gasteiger charge is 2.46. The molecule has 0 saturated carbocycles. The van der Waals surface area contributed by atoms with Gasteiger partial charge >= 0.3 is 5.97 Å². The van der Waals surface area contributed by atoms with E-state index >= 15 is 0 Å². The maximum atomic E-state index is 13.4. The number of carboxylic acid groups (broad SMARTS) is 1. The number of nitrogens with zero attached hydrogens (tertiary/aromatic N) is 1. The fourth-order valence-electron chi connectivity index (χ4n) is 1.38. The Balaban J connectivity index is 2.63. The fraction of sp³-hybridized carbons (Fsp3) is 0.750. The number of rotatable bonds is 2. The average molecular weight is 189 g/mol. The molecule has 4 nitrogen and oxygen atoms in total. The molecule has 1 fully saturated rings. The largest absolute Gasteiger partial charge is 0.479 e. The zero-order chi connectivity index (χ0) is 10.1. The van der Waals surface area contributed by atoms with Gasteiger partial charge in [-0.3, -0.25) is 4.79 Å². The monoisotopic (exact) mass is 189 g/mol.